The topological polar surface area (TPSA) is 98.4 Å². The number of nitrogens with one attached hydrogen (secondary N) is 2. The summed E-state index contributed by atoms with van der Waals surface area (Å²) in [5.41, 5.74) is 0.600. The number of alkyl halides is 3. The quantitative estimate of drug-likeness (QED) is 0.669. The SMILES string of the molecule is CNc1nc(Nc2cnn([C@H]3CC[C@H](n4ccnn4)C3)c2C)ncc1C(F)(F)F. The van der Waals surface area contributed by atoms with E-state index in [9.17, 15) is 13.2 Å². The van der Waals surface area contributed by atoms with Crippen molar-refractivity contribution in [2.24, 2.45) is 0 Å². The Morgan fingerprint density at radius 1 is 1.17 bits per heavy atom. The van der Waals surface area contributed by atoms with Crippen molar-refractivity contribution in [3.8, 4) is 0 Å². The predicted octanol–water partition coefficient (Wildman–Crippen LogP) is 3.34. The zero-order valence-corrected chi connectivity index (χ0v) is 15.8. The zero-order chi connectivity index (χ0) is 20.6. The third-order valence-corrected chi connectivity index (χ3v) is 5.16. The molecule has 1 fully saturated rings. The van der Waals surface area contributed by atoms with Gasteiger partial charge in [-0.05, 0) is 26.2 Å². The van der Waals surface area contributed by atoms with E-state index in [1.165, 1.54) is 7.05 Å². The van der Waals surface area contributed by atoms with Crippen LogP contribution in [0.4, 0.5) is 30.6 Å². The normalized spacial score (nSPS) is 19.5. The van der Waals surface area contributed by atoms with Gasteiger partial charge in [-0.3, -0.25) is 4.68 Å². The molecule has 0 amide bonds. The molecule has 1 saturated carbocycles. The van der Waals surface area contributed by atoms with Gasteiger partial charge in [0, 0.05) is 19.4 Å². The summed E-state index contributed by atoms with van der Waals surface area (Å²) in [6.45, 7) is 1.90. The molecule has 0 spiro atoms. The summed E-state index contributed by atoms with van der Waals surface area (Å²) in [4.78, 5) is 7.74. The Morgan fingerprint density at radius 3 is 2.66 bits per heavy atom. The molecule has 3 aromatic heterocycles. The van der Waals surface area contributed by atoms with Gasteiger partial charge in [-0.2, -0.15) is 23.3 Å². The number of hydrogen-bond acceptors (Lipinski definition) is 7. The van der Waals surface area contributed by atoms with E-state index < -0.39 is 11.7 Å². The summed E-state index contributed by atoms with van der Waals surface area (Å²) >= 11 is 0. The average molecular weight is 407 g/mol. The van der Waals surface area contributed by atoms with Crippen molar-refractivity contribution in [2.75, 3.05) is 17.7 Å². The van der Waals surface area contributed by atoms with E-state index in [1.54, 1.807) is 12.4 Å². The fourth-order valence-corrected chi connectivity index (χ4v) is 3.68. The highest BCUT2D eigenvalue weighted by molar-refractivity contribution is 5.58. The van der Waals surface area contributed by atoms with Crippen LogP contribution in [0.2, 0.25) is 0 Å². The first-order valence-electron chi connectivity index (χ1n) is 9.15. The summed E-state index contributed by atoms with van der Waals surface area (Å²) in [6, 6.07) is 0.486. The monoisotopic (exact) mass is 407 g/mol. The molecule has 12 heteroatoms. The van der Waals surface area contributed by atoms with E-state index in [0.29, 0.717) is 5.69 Å². The van der Waals surface area contributed by atoms with Crippen LogP contribution in [0.25, 0.3) is 0 Å². The van der Waals surface area contributed by atoms with E-state index in [1.807, 2.05) is 22.5 Å². The van der Waals surface area contributed by atoms with Gasteiger partial charge < -0.3 is 10.6 Å². The Labute approximate surface area is 164 Å². The van der Waals surface area contributed by atoms with Gasteiger partial charge >= 0.3 is 6.18 Å². The van der Waals surface area contributed by atoms with Crippen molar-refractivity contribution in [2.45, 2.75) is 44.4 Å². The van der Waals surface area contributed by atoms with E-state index in [0.717, 1.165) is 31.2 Å². The minimum absolute atomic E-state index is 0.0666. The Morgan fingerprint density at radius 2 is 1.97 bits per heavy atom. The molecule has 2 N–H and O–H groups in total. The molecule has 1 aliphatic rings. The van der Waals surface area contributed by atoms with Crippen LogP contribution in [0.1, 0.15) is 42.6 Å². The van der Waals surface area contributed by atoms with E-state index in [-0.39, 0.29) is 23.8 Å². The van der Waals surface area contributed by atoms with Gasteiger partial charge in [-0.15, -0.1) is 5.10 Å². The number of nitrogens with zero attached hydrogens (tertiary/aromatic N) is 7. The van der Waals surface area contributed by atoms with Crippen LogP contribution in [0.3, 0.4) is 0 Å². The van der Waals surface area contributed by atoms with Crippen LogP contribution in [0.5, 0.6) is 0 Å². The second-order valence-corrected chi connectivity index (χ2v) is 6.92. The highest BCUT2D eigenvalue weighted by Gasteiger charge is 2.35. The first-order chi connectivity index (χ1) is 13.9. The molecule has 0 aliphatic heterocycles. The molecule has 0 saturated heterocycles. The fourth-order valence-electron chi connectivity index (χ4n) is 3.68. The Kier molecular flexibility index (Phi) is 4.84. The van der Waals surface area contributed by atoms with Crippen LogP contribution in [-0.4, -0.2) is 41.8 Å². The second-order valence-electron chi connectivity index (χ2n) is 6.92. The molecule has 4 rings (SSSR count). The maximum Gasteiger partial charge on any atom is 0.421 e. The zero-order valence-electron chi connectivity index (χ0n) is 15.8. The van der Waals surface area contributed by atoms with Crippen molar-refractivity contribution in [3.05, 3.63) is 36.0 Å². The lowest BCUT2D eigenvalue weighted by molar-refractivity contribution is -0.137. The summed E-state index contributed by atoms with van der Waals surface area (Å²) in [5, 5.41) is 17.8. The van der Waals surface area contributed by atoms with E-state index in [2.05, 4.69) is 36.0 Å². The van der Waals surface area contributed by atoms with E-state index >= 15 is 0 Å². The highest BCUT2D eigenvalue weighted by Crippen LogP contribution is 2.38. The maximum atomic E-state index is 13.0. The number of hydrogen-bond donors (Lipinski definition) is 2. The highest BCUT2D eigenvalue weighted by atomic mass is 19.4. The molecule has 9 nitrogen and oxygen atoms in total. The van der Waals surface area contributed by atoms with Crippen LogP contribution < -0.4 is 10.6 Å². The first kappa shape index (κ1) is 19.2. The van der Waals surface area contributed by atoms with Crippen molar-refractivity contribution in [1.82, 2.24) is 34.7 Å². The molecule has 3 heterocycles. The lowest BCUT2D eigenvalue weighted by Crippen LogP contribution is -2.13. The van der Waals surface area contributed by atoms with Gasteiger partial charge in [-0.1, -0.05) is 5.21 Å². The number of halogens is 3. The summed E-state index contributed by atoms with van der Waals surface area (Å²) in [5.74, 6) is -0.219. The van der Waals surface area contributed by atoms with Crippen molar-refractivity contribution < 1.29 is 13.2 Å². The van der Waals surface area contributed by atoms with Crippen molar-refractivity contribution in [3.63, 3.8) is 0 Å². The lowest BCUT2D eigenvalue weighted by Gasteiger charge is -2.15. The minimum atomic E-state index is -4.53. The van der Waals surface area contributed by atoms with Crippen LogP contribution in [0, 0.1) is 6.92 Å². The Bertz CT molecular complexity index is 981. The number of anilines is 3. The van der Waals surface area contributed by atoms with E-state index in [4.69, 9.17) is 0 Å². The average Bonchev–Trinajstić information content (AvgIpc) is 3.42. The predicted molar refractivity (Wildman–Crippen MR) is 98.8 cm³/mol. The van der Waals surface area contributed by atoms with Gasteiger partial charge in [0.1, 0.15) is 11.4 Å². The van der Waals surface area contributed by atoms with Crippen molar-refractivity contribution in [1.29, 1.82) is 0 Å². The second kappa shape index (κ2) is 7.33. The molecule has 2 atom stereocenters. The Balaban J connectivity index is 1.51. The van der Waals surface area contributed by atoms with Gasteiger partial charge in [-0.25, -0.2) is 9.67 Å². The molecule has 0 aromatic carbocycles. The largest absolute Gasteiger partial charge is 0.421 e. The van der Waals surface area contributed by atoms with Crippen LogP contribution >= 0.6 is 0 Å². The van der Waals surface area contributed by atoms with Crippen LogP contribution in [0.15, 0.2) is 24.8 Å². The molecule has 1 aliphatic carbocycles. The van der Waals surface area contributed by atoms with Crippen LogP contribution in [-0.2, 0) is 6.18 Å². The van der Waals surface area contributed by atoms with Gasteiger partial charge in [0.05, 0.1) is 35.9 Å². The molecule has 154 valence electrons. The molecule has 0 unspecified atom stereocenters. The third-order valence-electron chi connectivity index (χ3n) is 5.16. The number of aromatic nitrogens is 7. The summed E-state index contributed by atoms with van der Waals surface area (Å²) in [6.07, 6.45) is 4.21. The smallest absolute Gasteiger partial charge is 0.372 e. The molecular weight excluding hydrogens is 387 g/mol. The van der Waals surface area contributed by atoms with Gasteiger partial charge in [0.25, 0.3) is 0 Å². The standard InChI is InChI=1S/C17H20F3N9/c1-10-14(25-16-22-8-13(17(18,19)20)15(21-2)26-16)9-24-29(10)12-4-3-11(7-12)28-6-5-23-27-28/h5-6,8-9,11-12H,3-4,7H2,1-2H3,(H2,21,22,25,26)/t11-,12-/m0/s1. The molecule has 0 radical (unpaired) electrons. The third kappa shape index (κ3) is 3.74. The number of rotatable bonds is 5. The molecule has 3 aromatic rings. The fraction of sp³-hybridized carbons (Fsp3) is 0.471. The Hall–Kier alpha value is -3.18. The maximum absolute atomic E-state index is 13.0. The first-order valence-corrected chi connectivity index (χ1v) is 9.15. The molecular formula is C17H20F3N9. The van der Waals surface area contributed by atoms with Gasteiger partial charge in [0.2, 0.25) is 5.95 Å². The van der Waals surface area contributed by atoms with Gasteiger partial charge in [0.15, 0.2) is 0 Å². The summed E-state index contributed by atoms with van der Waals surface area (Å²) in [7, 11) is 1.39. The van der Waals surface area contributed by atoms with Crippen molar-refractivity contribution >= 4 is 17.5 Å². The minimum Gasteiger partial charge on any atom is -0.372 e. The lowest BCUT2D eigenvalue weighted by atomic mass is 10.2. The molecule has 29 heavy (non-hydrogen) atoms. The summed E-state index contributed by atoms with van der Waals surface area (Å²) < 4.78 is 42.8. The molecule has 0 bridgehead atoms.